The first-order chi connectivity index (χ1) is 15.4. The summed E-state index contributed by atoms with van der Waals surface area (Å²) in [6.07, 6.45) is 6.29. The summed E-state index contributed by atoms with van der Waals surface area (Å²) >= 11 is 0. The molecule has 0 unspecified atom stereocenters. The Morgan fingerprint density at radius 2 is 1.91 bits per heavy atom. The number of hydrogen-bond acceptors (Lipinski definition) is 8. The second-order valence-electron chi connectivity index (χ2n) is 7.21. The van der Waals surface area contributed by atoms with Gasteiger partial charge in [0.1, 0.15) is 0 Å². The molecule has 0 atom stereocenters. The average molecular weight is 494 g/mol. The number of carbonyl (C=O) groups excluding carboxylic acids is 1. The van der Waals surface area contributed by atoms with E-state index in [1.807, 2.05) is 0 Å². The smallest absolute Gasteiger partial charge is 0.387 e. The Morgan fingerprint density at radius 1 is 1.18 bits per heavy atom. The molecular weight excluding hydrogens is 470 g/mol. The molecule has 0 spiro atoms. The predicted molar refractivity (Wildman–Crippen MR) is 123 cm³/mol. The van der Waals surface area contributed by atoms with E-state index in [0.29, 0.717) is 37.3 Å². The number of sulfonamides is 1. The van der Waals surface area contributed by atoms with Gasteiger partial charge in [-0.1, -0.05) is 12.1 Å². The molecule has 13 heteroatoms. The topological polar surface area (TPSA) is 156 Å². The van der Waals surface area contributed by atoms with Gasteiger partial charge >= 0.3 is 6.09 Å². The molecule has 3 aromatic rings. The molecule has 1 amide bonds. The van der Waals surface area contributed by atoms with Crippen LogP contribution >= 0.6 is 12.4 Å². The number of carbonyl (C=O) groups is 1. The molecule has 11 nitrogen and oxygen atoms in total. The molecule has 0 radical (unpaired) electrons. The van der Waals surface area contributed by atoms with E-state index in [2.05, 4.69) is 25.3 Å². The minimum absolute atomic E-state index is 0. The van der Waals surface area contributed by atoms with Gasteiger partial charge in [-0.05, 0) is 25.0 Å². The average Bonchev–Trinajstić information content (AvgIpc) is 3.50. The van der Waals surface area contributed by atoms with Crippen LogP contribution in [0, 0.1) is 0 Å². The van der Waals surface area contributed by atoms with Crippen LogP contribution in [0.5, 0.6) is 5.88 Å². The van der Waals surface area contributed by atoms with Gasteiger partial charge in [-0.25, -0.2) is 28.2 Å². The SMILES string of the molecule is Cl.Nc1ncc(-c2ccc(S(=O)(=O)N3CCCC3)cc2)nc1OC(=O)NCCc1c[nH]cn1. The van der Waals surface area contributed by atoms with Crippen LogP contribution in [0.2, 0.25) is 0 Å². The number of rotatable bonds is 7. The maximum Gasteiger partial charge on any atom is 0.414 e. The number of hydrogen-bond donors (Lipinski definition) is 3. The standard InChI is InChI=1S/C20H23N7O4S.ClH/c21-18-19(31-20(28)23-8-7-15-11-22-13-25-15)26-17(12-24-18)14-3-5-16(6-4-14)32(29,30)27-9-1-2-10-27;/h3-6,11-13H,1-2,7-10H2,(H2,21,24)(H,22,25)(H,23,28);1H. The molecule has 1 saturated heterocycles. The molecule has 1 aliphatic heterocycles. The van der Waals surface area contributed by atoms with E-state index in [1.54, 1.807) is 24.7 Å². The Hall–Kier alpha value is -3.22. The van der Waals surface area contributed by atoms with Gasteiger partial charge in [0.2, 0.25) is 10.0 Å². The fourth-order valence-corrected chi connectivity index (χ4v) is 4.83. The Labute approximate surface area is 197 Å². The third kappa shape index (κ3) is 5.78. The quantitative estimate of drug-likeness (QED) is 0.451. The zero-order chi connectivity index (χ0) is 22.6. The van der Waals surface area contributed by atoms with Crippen molar-refractivity contribution < 1.29 is 17.9 Å². The molecule has 4 N–H and O–H groups in total. The first kappa shape index (κ1) is 24.4. The van der Waals surface area contributed by atoms with Crippen molar-refractivity contribution in [2.75, 3.05) is 25.4 Å². The fraction of sp³-hybridized carbons (Fsp3) is 0.300. The lowest BCUT2D eigenvalue weighted by atomic mass is 10.2. The van der Waals surface area contributed by atoms with Gasteiger partial charge in [-0.15, -0.1) is 12.4 Å². The minimum Gasteiger partial charge on any atom is -0.387 e. The van der Waals surface area contributed by atoms with Crippen molar-refractivity contribution >= 4 is 34.3 Å². The number of anilines is 1. The van der Waals surface area contributed by atoms with Gasteiger partial charge in [0.05, 0.1) is 28.8 Å². The van der Waals surface area contributed by atoms with Crippen molar-refractivity contribution in [3.63, 3.8) is 0 Å². The highest BCUT2D eigenvalue weighted by Gasteiger charge is 2.27. The van der Waals surface area contributed by atoms with Crippen LogP contribution < -0.4 is 15.8 Å². The summed E-state index contributed by atoms with van der Waals surface area (Å²) < 4.78 is 32.0. The predicted octanol–water partition coefficient (Wildman–Crippen LogP) is 1.99. The summed E-state index contributed by atoms with van der Waals surface area (Å²) in [7, 11) is -3.50. The summed E-state index contributed by atoms with van der Waals surface area (Å²) in [5.41, 5.74) is 7.61. The van der Waals surface area contributed by atoms with Crippen LogP contribution in [0.25, 0.3) is 11.3 Å². The van der Waals surface area contributed by atoms with Crippen LogP contribution in [-0.4, -0.2) is 58.4 Å². The van der Waals surface area contributed by atoms with Crippen molar-refractivity contribution in [2.45, 2.75) is 24.2 Å². The second-order valence-corrected chi connectivity index (χ2v) is 9.15. The fourth-order valence-electron chi connectivity index (χ4n) is 3.31. The number of ether oxygens (including phenoxy) is 1. The number of aromatic amines is 1. The molecule has 2 aromatic heterocycles. The van der Waals surface area contributed by atoms with E-state index in [0.717, 1.165) is 18.5 Å². The molecular formula is C20H24ClN7O4S. The highest BCUT2D eigenvalue weighted by Crippen LogP contribution is 2.26. The van der Waals surface area contributed by atoms with Gasteiger partial charge in [0.25, 0.3) is 5.88 Å². The van der Waals surface area contributed by atoms with Crippen LogP contribution in [-0.2, 0) is 16.4 Å². The molecule has 1 aliphatic rings. The third-order valence-corrected chi connectivity index (χ3v) is 6.93. The van der Waals surface area contributed by atoms with Crippen LogP contribution in [0.1, 0.15) is 18.5 Å². The maximum absolute atomic E-state index is 12.7. The lowest BCUT2D eigenvalue weighted by Gasteiger charge is -2.15. The number of aromatic nitrogens is 4. The number of nitrogens with zero attached hydrogens (tertiary/aromatic N) is 4. The molecule has 0 saturated carbocycles. The second kappa shape index (κ2) is 10.6. The molecule has 1 fully saturated rings. The zero-order valence-electron chi connectivity index (χ0n) is 17.6. The van der Waals surface area contributed by atoms with Gasteiger partial charge in [0, 0.05) is 37.8 Å². The van der Waals surface area contributed by atoms with E-state index >= 15 is 0 Å². The van der Waals surface area contributed by atoms with Crippen molar-refractivity contribution in [1.82, 2.24) is 29.6 Å². The first-order valence-corrected chi connectivity index (χ1v) is 11.5. The highest BCUT2D eigenvalue weighted by atomic mass is 35.5. The minimum atomic E-state index is -3.50. The van der Waals surface area contributed by atoms with Crippen molar-refractivity contribution in [1.29, 1.82) is 0 Å². The number of amides is 1. The molecule has 176 valence electrons. The van der Waals surface area contributed by atoms with Crippen molar-refractivity contribution in [3.8, 4) is 17.1 Å². The Balaban J connectivity index is 0.00000306. The van der Waals surface area contributed by atoms with Gasteiger partial charge in [-0.3, -0.25) is 0 Å². The Bertz CT molecular complexity index is 1180. The number of nitrogens with two attached hydrogens (primary N) is 1. The van der Waals surface area contributed by atoms with Crippen LogP contribution in [0.4, 0.5) is 10.6 Å². The number of H-pyrrole nitrogens is 1. The number of imidazole rings is 1. The number of halogens is 1. The van der Waals surface area contributed by atoms with Gasteiger partial charge in [-0.2, -0.15) is 4.31 Å². The highest BCUT2D eigenvalue weighted by molar-refractivity contribution is 7.89. The number of nitrogens with one attached hydrogen (secondary N) is 2. The van der Waals surface area contributed by atoms with Gasteiger partial charge < -0.3 is 20.8 Å². The Kier molecular flexibility index (Phi) is 7.84. The summed E-state index contributed by atoms with van der Waals surface area (Å²) in [5, 5.41) is 2.60. The normalized spacial score (nSPS) is 13.9. The van der Waals surface area contributed by atoms with Crippen molar-refractivity contribution in [3.05, 3.63) is 48.7 Å². The van der Waals surface area contributed by atoms with E-state index in [1.165, 1.54) is 22.6 Å². The summed E-state index contributed by atoms with van der Waals surface area (Å²) in [4.78, 5) is 27.5. The molecule has 1 aromatic carbocycles. The lowest BCUT2D eigenvalue weighted by Crippen LogP contribution is -2.29. The van der Waals surface area contributed by atoms with E-state index < -0.39 is 16.1 Å². The molecule has 33 heavy (non-hydrogen) atoms. The zero-order valence-corrected chi connectivity index (χ0v) is 19.2. The molecule has 0 bridgehead atoms. The monoisotopic (exact) mass is 493 g/mol. The Morgan fingerprint density at radius 3 is 2.58 bits per heavy atom. The van der Waals surface area contributed by atoms with Crippen LogP contribution in [0.3, 0.4) is 0 Å². The van der Waals surface area contributed by atoms with E-state index in [4.69, 9.17) is 10.5 Å². The number of nitrogen functional groups attached to an aromatic ring is 1. The molecule has 3 heterocycles. The summed E-state index contributed by atoms with van der Waals surface area (Å²) in [5.74, 6) is -0.169. The van der Waals surface area contributed by atoms with Crippen molar-refractivity contribution in [2.24, 2.45) is 0 Å². The maximum atomic E-state index is 12.7. The van der Waals surface area contributed by atoms with Gasteiger partial charge in [0.15, 0.2) is 5.82 Å². The summed E-state index contributed by atoms with van der Waals surface area (Å²) in [6.45, 7) is 1.40. The van der Waals surface area contributed by atoms with Crippen LogP contribution in [0.15, 0.2) is 47.9 Å². The van der Waals surface area contributed by atoms with E-state index in [-0.39, 0.29) is 29.0 Å². The number of benzene rings is 1. The molecule has 4 rings (SSSR count). The molecule has 0 aliphatic carbocycles. The lowest BCUT2D eigenvalue weighted by molar-refractivity contribution is 0.199. The largest absolute Gasteiger partial charge is 0.414 e. The third-order valence-electron chi connectivity index (χ3n) is 5.01. The summed E-state index contributed by atoms with van der Waals surface area (Å²) in [6, 6.07) is 6.33. The van der Waals surface area contributed by atoms with E-state index in [9.17, 15) is 13.2 Å². The first-order valence-electron chi connectivity index (χ1n) is 10.1.